The van der Waals surface area contributed by atoms with Gasteiger partial charge < -0.3 is 19.2 Å². The number of furan rings is 1. The summed E-state index contributed by atoms with van der Waals surface area (Å²) in [5.74, 6) is 0.339. The van der Waals surface area contributed by atoms with Crippen molar-refractivity contribution in [1.29, 1.82) is 0 Å². The molecule has 2 aromatic carbocycles. The van der Waals surface area contributed by atoms with E-state index in [4.69, 9.17) is 9.15 Å². The van der Waals surface area contributed by atoms with Crippen LogP contribution in [-0.4, -0.2) is 25.6 Å². The van der Waals surface area contributed by atoms with E-state index in [2.05, 4.69) is 10.1 Å². The highest BCUT2D eigenvalue weighted by Crippen LogP contribution is 2.23. The molecule has 0 spiro atoms. The number of hydrogen-bond donors (Lipinski definition) is 1. The second-order valence-corrected chi connectivity index (χ2v) is 5.78. The van der Waals surface area contributed by atoms with Crippen molar-refractivity contribution in [3.63, 3.8) is 0 Å². The fourth-order valence-electron chi connectivity index (χ4n) is 2.55. The van der Waals surface area contributed by atoms with E-state index >= 15 is 0 Å². The summed E-state index contributed by atoms with van der Waals surface area (Å²) in [6, 6.07) is 15.7. The molecule has 1 aromatic heterocycles. The minimum atomic E-state index is -0.460. The van der Waals surface area contributed by atoms with E-state index in [1.165, 1.54) is 13.2 Å². The molecule has 0 aliphatic carbocycles. The van der Waals surface area contributed by atoms with E-state index in [0.717, 1.165) is 11.0 Å². The smallest absolute Gasteiger partial charge is 0.337 e. The number of ether oxygens (including phenoxy) is 2. The average Bonchev–Trinajstić information content (AvgIpc) is 3.10. The molecule has 6 nitrogen and oxygen atoms in total. The van der Waals surface area contributed by atoms with Crippen LogP contribution in [0.25, 0.3) is 11.0 Å². The molecule has 0 unspecified atom stereocenters. The lowest BCUT2D eigenvalue weighted by atomic mass is 10.2. The second kappa shape index (κ2) is 7.74. The number of carbonyl (C=O) groups excluding carboxylic acids is 2. The largest absolute Gasteiger partial charge is 0.484 e. The maximum atomic E-state index is 12.1. The van der Waals surface area contributed by atoms with Crippen LogP contribution in [-0.2, 0) is 9.53 Å². The topological polar surface area (TPSA) is 77.8 Å². The third kappa shape index (κ3) is 4.03. The van der Waals surface area contributed by atoms with Gasteiger partial charge in [-0.1, -0.05) is 24.3 Å². The van der Waals surface area contributed by atoms with Crippen molar-refractivity contribution in [2.24, 2.45) is 0 Å². The maximum absolute atomic E-state index is 12.1. The Morgan fingerprint density at radius 3 is 2.69 bits per heavy atom. The van der Waals surface area contributed by atoms with E-state index in [1.807, 2.05) is 37.3 Å². The lowest BCUT2D eigenvalue weighted by molar-refractivity contribution is -0.123. The fourth-order valence-corrected chi connectivity index (χ4v) is 2.55. The molecule has 1 N–H and O–H groups in total. The van der Waals surface area contributed by atoms with Gasteiger partial charge in [0.1, 0.15) is 17.1 Å². The van der Waals surface area contributed by atoms with Crippen molar-refractivity contribution >= 4 is 22.8 Å². The van der Waals surface area contributed by atoms with Crippen LogP contribution in [0.15, 0.2) is 59.0 Å². The summed E-state index contributed by atoms with van der Waals surface area (Å²) in [5.41, 5.74) is 1.14. The van der Waals surface area contributed by atoms with Gasteiger partial charge in [0, 0.05) is 5.39 Å². The molecule has 0 saturated heterocycles. The standard InChI is InChI=1S/C20H19NO5/c1-13(18-11-14-6-3-4-9-17(14)26-18)21-19(22)12-25-16-8-5-7-15(10-16)20(23)24-2/h3-11,13H,12H2,1-2H3,(H,21,22)/t13-/m0/s1. The Morgan fingerprint density at radius 2 is 1.92 bits per heavy atom. The minimum Gasteiger partial charge on any atom is -0.484 e. The lowest BCUT2D eigenvalue weighted by Gasteiger charge is -2.12. The molecule has 1 atom stereocenters. The number of amides is 1. The Labute approximate surface area is 150 Å². The molecule has 0 saturated carbocycles. The van der Waals surface area contributed by atoms with Gasteiger partial charge in [0.25, 0.3) is 5.91 Å². The van der Waals surface area contributed by atoms with Crippen molar-refractivity contribution < 1.29 is 23.5 Å². The second-order valence-electron chi connectivity index (χ2n) is 5.78. The highest BCUT2D eigenvalue weighted by atomic mass is 16.5. The number of para-hydroxylation sites is 1. The van der Waals surface area contributed by atoms with Crippen molar-refractivity contribution in [2.75, 3.05) is 13.7 Å². The zero-order chi connectivity index (χ0) is 18.5. The van der Waals surface area contributed by atoms with Gasteiger partial charge in [-0.25, -0.2) is 4.79 Å². The normalized spacial score (nSPS) is 11.8. The van der Waals surface area contributed by atoms with Crippen molar-refractivity contribution in [1.82, 2.24) is 5.32 Å². The highest BCUT2D eigenvalue weighted by molar-refractivity contribution is 5.89. The van der Waals surface area contributed by atoms with E-state index in [-0.39, 0.29) is 18.6 Å². The van der Waals surface area contributed by atoms with E-state index in [1.54, 1.807) is 18.2 Å². The summed E-state index contributed by atoms with van der Waals surface area (Å²) in [7, 11) is 1.31. The number of benzene rings is 2. The predicted molar refractivity (Wildman–Crippen MR) is 96.0 cm³/mol. The van der Waals surface area contributed by atoms with Gasteiger partial charge in [-0.2, -0.15) is 0 Å². The Balaban J connectivity index is 1.57. The van der Waals surface area contributed by atoms with Gasteiger partial charge in [0.15, 0.2) is 6.61 Å². The maximum Gasteiger partial charge on any atom is 0.337 e. The van der Waals surface area contributed by atoms with Crippen LogP contribution in [0.1, 0.15) is 29.1 Å². The number of nitrogens with one attached hydrogen (secondary N) is 1. The number of rotatable bonds is 6. The van der Waals surface area contributed by atoms with E-state index in [9.17, 15) is 9.59 Å². The Hall–Kier alpha value is -3.28. The number of methoxy groups -OCH3 is 1. The molecule has 3 aromatic rings. The number of fused-ring (bicyclic) bond motifs is 1. The summed E-state index contributed by atoms with van der Waals surface area (Å²) >= 11 is 0. The zero-order valence-corrected chi connectivity index (χ0v) is 14.5. The molecule has 0 aliphatic heterocycles. The molecule has 0 radical (unpaired) electrons. The molecular formula is C20H19NO5. The third-order valence-electron chi connectivity index (χ3n) is 3.87. The molecule has 134 valence electrons. The minimum absolute atomic E-state index is 0.171. The molecule has 3 rings (SSSR count). The van der Waals surface area contributed by atoms with Crippen LogP contribution in [0, 0.1) is 0 Å². The molecule has 26 heavy (non-hydrogen) atoms. The molecular weight excluding hydrogens is 334 g/mol. The highest BCUT2D eigenvalue weighted by Gasteiger charge is 2.15. The van der Waals surface area contributed by atoms with Crippen LogP contribution in [0.5, 0.6) is 5.75 Å². The number of esters is 1. The molecule has 6 heteroatoms. The van der Waals surface area contributed by atoms with Gasteiger partial charge in [-0.3, -0.25) is 4.79 Å². The van der Waals surface area contributed by atoms with Crippen LogP contribution in [0.3, 0.4) is 0 Å². The SMILES string of the molecule is COC(=O)c1cccc(OCC(=O)N[C@@H](C)c2cc3ccccc3o2)c1. The van der Waals surface area contributed by atoms with Gasteiger partial charge in [-0.05, 0) is 37.3 Å². The molecule has 0 aliphatic rings. The van der Waals surface area contributed by atoms with Gasteiger partial charge in [-0.15, -0.1) is 0 Å². The Bertz CT molecular complexity index is 898. The van der Waals surface area contributed by atoms with Crippen LogP contribution >= 0.6 is 0 Å². The van der Waals surface area contributed by atoms with Crippen LogP contribution < -0.4 is 10.1 Å². The Morgan fingerprint density at radius 1 is 1.12 bits per heavy atom. The average molecular weight is 353 g/mol. The molecule has 1 heterocycles. The number of hydrogen-bond acceptors (Lipinski definition) is 5. The first-order chi connectivity index (χ1) is 12.6. The van der Waals surface area contributed by atoms with Crippen molar-refractivity contribution in [2.45, 2.75) is 13.0 Å². The van der Waals surface area contributed by atoms with E-state index < -0.39 is 5.97 Å². The summed E-state index contributed by atoms with van der Waals surface area (Å²) in [6.07, 6.45) is 0. The first-order valence-electron chi connectivity index (χ1n) is 8.16. The van der Waals surface area contributed by atoms with E-state index in [0.29, 0.717) is 17.1 Å². The fraction of sp³-hybridized carbons (Fsp3) is 0.200. The first kappa shape index (κ1) is 17.5. The molecule has 0 fully saturated rings. The van der Waals surface area contributed by atoms with Crippen LogP contribution in [0.2, 0.25) is 0 Å². The molecule has 0 bridgehead atoms. The van der Waals surface area contributed by atoms with Crippen molar-refractivity contribution in [3.8, 4) is 5.75 Å². The third-order valence-corrected chi connectivity index (χ3v) is 3.87. The summed E-state index contributed by atoms with van der Waals surface area (Å²) < 4.78 is 15.8. The monoisotopic (exact) mass is 353 g/mol. The summed E-state index contributed by atoms with van der Waals surface area (Å²) in [4.78, 5) is 23.6. The van der Waals surface area contributed by atoms with Crippen molar-refractivity contribution in [3.05, 3.63) is 65.9 Å². The van der Waals surface area contributed by atoms with Gasteiger partial charge in [0.2, 0.25) is 0 Å². The molecule has 1 amide bonds. The Kier molecular flexibility index (Phi) is 5.22. The quantitative estimate of drug-likeness (QED) is 0.687. The summed E-state index contributed by atoms with van der Waals surface area (Å²) in [6.45, 7) is 1.67. The lowest BCUT2D eigenvalue weighted by Crippen LogP contribution is -2.31. The van der Waals surface area contributed by atoms with Gasteiger partial charge >= 0.3 is 5.97 Å². The zero-order valence-electron chi connectivity index (χ0n) is 14.5. The van der Waals surface area contributed by atoms with Gasteiger partial charge in [0.05, 0.1) is 18.7 Å². The summed E-state index contributed by atoms with van der Waals surface area (Å²) in [5, 5.41) is 3.81. The predicted octanol–water partition coefficient (Wildman–Crippen LogP) is 3.48. The first-order valence-corrected chi connectivity index (χ1v) is 8.16. The van der Waals surface area contributed by atoms with Crippen LogP contribution in [0.4, 0.5) is 0 Å². The number of carbonyl (C=O) groups is 2.